The van der Waals surface area contributed by atoms with Gasteiger partial charge in [0.2, 0.25) is 5.91 Å². The van der Waals surface area contributed by atoms with Gasteiger partial charge in [-0.2, -0.15) is 0 Å². The van der Waals surface area contributed by atoms with Crippen molar-refractivity contribution in [3.63, 3.8) is 0 Å². The SMILES string of the molecule is CCN(CC(=O)NC(C)C)Cc1ccc(C#CCO)cc1. The van der Waals surface area contributed by atoms with Gasteiger partial charge in [-0.3, -0.25) is 9.69 Å². The first-order valence-electron chi connectivity index (χ1n) is 7.25. The van der Waals surface area contributed by atoms with Gasteiger partial charge in [-0.15, -0.1) is 0 Å². The number of benzene rings is 1. The van der Waals surface area contributed by atoms with Gasteiger partial charge < -0.3 is 10.4 Å². The van der Waals surface area contributed by atoms with E-state index in [9.17, 15) is 4.79 Å². The maximum atomic E-state index is 11.8. The predicted octanol–water partition coefficient (Wildman–Crippen LogP) is 1.38. The Kier molecular flexibility index (Phi) is 7.52. The molecule has 0 unspecified atom stereocenters. The van der Waals surface area contributed by atoms with Crippen LogP contribution in [0.2, 0.25) is 0 Å². The fraction of sp³-hybridized carbons (Fsp3) is 0.471. The van der Waals surface area contributed by atoms with E-state index in [-0.39, 0.29) is 18.6 Å². The Morgan fingerprint density at radius 2 is 2.00 bits per heavy atom. The van der Waals surface area contributed by atoms with Crippen LogP contribution in [-0.4, -0.2) is 41.7 Å². The summed E-state index contributed by atoms with van der Waals surface area (Å²) >= 11 is 0. The molecule has 0 radical (unpaired) electrons. The fourth-order valence-corrected chi connectivity index (χ4v) is 1.94. The van der Waals surface area contributed by atoms with Crippen LogP contribution >= 0.6 is 0 Å². The molecule has 0 aliphatic heterocycles. The minimum absolute atomic E-state index is 0.0530. The summed E-state index contributed by atoms with van der Waals surface area (Å²) in [5, 5.41) is 11.6. The molecule has 0 aliphatic carbocycles. The molecule has 4 heteroatoms. The minimum atomic E-state index is -0.129. The molecular weight excluding hydrogens is 264 g/mol. The lowest BCUT2D eigenvalue weighted by atomic mass is 10.1. The molecule has 1 amide bonds. The number of hydrogen-bond donors (Lipinski definition) is 2. The van der Waals surface area contributed by atoms with Crippen LogP contribution in [0.25, 0.3) is 0 Å². The number of nitrogens with one attached hydrogen (secondary N) is 1. The van der Waals surface area contributed by atoms with E-state index in [2.05, 4.69) is 22.1 Å². The van der Waals surface area contributed by atoms with E-state index in [0.717, 1.165) is 24.2 Å². The van der Waals surface area contributed by atoms with Gasteiger partial charge in [0.05, 0.1) is 6.54 Å². The average molecular weight is 288 g/mol. The highest BCUT2D eigenvalue weighted by Crippen LogP contribution is 2.07. The number of nitrogens with zero attached hydrogens (tertiary/aromatic N) is 1. The van der Waals surface area contributed by atoms with E-state index >= 15 is 0 Å². The third-order valence-corrected chi connectivity index (χ3v) is 2.94. The topological polar surface area (TPSA) is 52.6 Å². The minimum Gasteiger partial charge on any atom is -0.384 e. The first kappa shape index (κ1) is 17.2. The van der Waals surface area contributed by atoms with Gasteiger partial charge in [-0.05, 0) is 38.1 Å². The van der Waals surface area contributed by atoms with E-state index in [0.29, 0.717) is 6.54 Å². The number of carbonyl (C=O) groups is 1. The second kappa shape index (κ2) is 9.17. The van der Waals surface area contributed by atoms with Gasteiger partial charge in [-0.1, -0.05) is 30.9 Å². The molecule has 2 N–H and O–H groups in total. The zero-order chi connectivity index (χ0) is 15.7. The fourth-order valence-electron chi connectivity index (χ4n) is 1.94. The molecule has 0 saturated carbocycles. The number of rotatable bonds is 6. The van der Waals surface area contributed by atoms with Gasteiger partial charge in [0, 0.05) is 18.2 Å². The molecule has 1 aromatic carbocycles. The van der Waals surface area contributed by atoms with Crippen molar-refractivity contribution < 1.29 is 9.90 Å². The molecule has 114 valence electrons. The van der Waals surface area contributed by atoms with Gasteiger partial charge in [0.25, 0.3) is 0 Å². The lowest BCUT2D eigenvalue weighted by Crippen LogP contribution is -2.39. The Labute approximate surface area is 127 Å². The second-order valence-corrected chi connectivity index (χ2v) is 5.18. The molecule has 1 aromatic rings. The largest absolute Gasteiger partial charge is 0.384 e. The molecule has 21 heavy (non-hydrogen) atoms. The van der Waals surface area contributed by atoms with Crippen LogP contribution in [0.1, 0.15) is 31.9 Å². The normalized spacial score (nSPS) is 10.4. The van der Waals surface area contributed by atoms with E-state index in [4.69, 9.17) is 5.11 Å². The van der Waals surface area contributed by atoms with Gasteiger partial charge in [0.1, 0.15) is 6.61 Å². The summed E-state index contributed by atoms with van der Waals surface area (Å²) < 4.78 is 0. The maximum Gasteiger partial charge on any atom is 0.234 e. The molecule has 0 aromatic heterocycles. The summed E-state index contributed by atoms with van der Waals surface area (Å²) in [4.78, 5) is 13.9. The zero-order valence-corrected chi connectivity index (χ0v) is 13.0. The van der Waals surface area contributed by atoms with Crippen molar-refractivity contribution in [3.8, 4) is 11.8 Å². The van der Waals surface area contributed by atoms with Crippen molar-refractivity contribution in [2.24, 2.45) is 0 Å². The Hall–Kier alpha value is -1.83. The summed E-state index contributed by atoms with van der Waals surface area (Å²) in [5.74, 6) is 5.54. The van der Waals surface area contributed by atoms with Crippen LogP contribution in [0.5, 0.6) is 0 Å². The smallest absolute Gasteiger partial charge is 0.234 e. The lowest BCUT2D eigenvalue weighted by Gasteiger charge is -2.20. The number of hydrogen-bond acceptors (Lipinski definition) is 3. The molecule has 0 heterocycles. The summed E-state index contributed by atoms with van der Waals surface area (Å²) in [7, 11) is 0. The predicted molar refractivity (Wildman–Crippen MR) is 84.6 cm³/mol. The van der Waals surface area contributed by atoms with Crippen molar-refractivity contribution in [3.05, 3.63) is 35.4 Å². The number of aliphatic hydroxyl groups is 1. The molecule has 0 saturated heterocycles. The highest BCUT2D eigenvalue weighted by Gasteiger charge is 2.10. The van der Waals surface area contributed by atoms with Crippen molar-refractivity contribution in [1.29, 1.82) is 0 Å². The van der Waals surface area contributed by atoms with Gasteiger partial charge in [-0.25, -0.2) is 0 Å². The molecule has 0 fully saturated rings. The van der Waals surface area contributed by atoms with Gasteiger partial charge >= 0.3 is 0 Å². The molecule has 0 spiro atoms. The third kappa shape index (κ3) is 6.94. The summed E-state index contributed by atoms with van der Waals surface area (Å²) in [6, 6.07) is 8.04. The highest BCUT2D eigenvalue weighted by atomic mass is 16.2. The van der Waals surface area contributed by atoms with Crippen molar-refractivity contribution in [2.75, 3.05) is 19.7 Å². The molecule has 0 atom stereocenters. The Bertz CT molecular complexity index is 498. The quantitative estimate of drug-likeness (QED) is 0.778. The van der Waals surface area contributed by atoms with E-state index in [1.807, 2.05) is 45.0 Å². The maximum absolute atomic E-state index is 11.8. The van der Waals surface area contributed by atoms with Crippen molar-refractivity contribution >= 4 is 5.91 Å². The first-order chi connectivity index (χ1) is 10.0. The molecule has 0 aliphatic rings. The van der Waals surface area contributed by atoms with E-state index in [1.165, 1.54) is 0 Å². The second-order valence-electron chi connectivity index (χ2n) is 5.18. The van der Waals surface area contributed by atoms with E-state index in [1.54, 1.807) is 0 Å². The first-order valence-corrected chi connectivity index (χ1v) is 7.25. The number of aliphatic hydroxyl groups excluding tert-OH is 1. The molecular formula is C17H24N2O2. The lowest BCUT2D eigenvalue weighted by molar-refractivity contribution is -0.122. The van der Waals surface area contributed by atoms with Crippen LogP contribution in [0.15, 0.2) is 24.3 Å². The number of amides is 1. The number of carbonyl (C=O) groups excluding carboxylic acids is 1. The van der Waals surface area contributed by atoms with Gasteiger partial charge in [0.15, 0.2) is 0 Å². The summed E-state index contributed by atoms with van der Waals surface area (Å²) in [5.41, 5.74) is 2.03. The Balaban J connectivity index is 2.58. The highest BCUT2D eigenvalue weighted by molar-refractivity contribution is 5.78. The van der Waals surface area contributed by atoms with Crippen molar-refractivity contribution in [2.45, 2.75) is 33.4 Å². The Morgan fingerprint density at radius 3 is 2.52 bits per heavy atom. The van der Waals surface area contributed by atoms with Crippen LogP contribution in [0.3, 0.4) is 0 Å². The summed E-state index contributed by atoms with van der Waals surface area (Å²) in [6.07, 6.45) is 0. The van der Waals surface area contributed by atoms with Crippen LogP contribution in [-0.2, 0) is 11.3 Å². The van der Waals surface area contributed by atoms with Crippen LogP contribution < -0.4 is 5.32 Å². The third-order valence-electron chi connectivity index (χ3n) is 2.94. The van der Waals surface area contributed by atoms with Crippen LogP contribution in [0, 0.1) is 11.8 Å². The summed E-state index contributed by atoms with van der Waals surface area (Å²) in [6.45, 7) is 7.79. The van der Waals surface area contributed by atoms with Crippen LogP contribution in [0.4, 0.5) is 0 Å². The average Bonchev–Trinajstić information content (AvgIpc) is 2.45. The zero-order valence-electron chi connectivity index (χ0n) is 13.0. The number of likely N-dealkylation sites (N-methyl/N-ethyl adjacent to an activating group) is 1. The van der Waals surface area contributed by atoms with E-state index < -0.39 is 0 Å². The molecule has 1 rings (SSSR count). The monoisotopic (exact) mass is 288 g/mol. The molecule has 4 nitrogen and oxygen atoms in total. The standard InChI is InChI=1S/C17H24N2O2/c1-4-19(13-17(21)18-14(2)3)12-16-9-7-15(8-10-16)6-5-11-20/h7-10,14,20H,4,11-13H2,1-3H3,(H,18,21). The van der Waals surface area contributed by atoms with Crippen molar-refractivity contribution in [1.82, 2.24) is 10.2 Å². The molecule has 0 bridgehead atoms. The Morgan fingerprint density at radius 1 is 1.33 bits per heavy atom.